The smallest absolute Gasteiger partial charge is 0.136 e. The lowest BCUT2D eigenvalue weighted by molar-refractivity contribution is -0.125. The van der Waals surface area contributed by atoms with E-state index in [1.807, 2.05) is 30.3 Å². The second kappa shape index (κ2) is 7.14. The summed E-state index contributed by atoms with van der Waals surface area (Å²) in [6.07, 6.45) is 6.12. The predicted molar refractivity (Wildman–Crippen MR) is 78.7 cm³/mol. The number of hydrogen-bond donors (Lipinski definition) is 0. The molecule has 2 atom stereocenters. The second-order valence-corrected chi connectivity index (χ2v) is 5.46. The minimum Gasteiger partial charge on any atom is -0.299 e. The molecule has 2 rings (SSSR count). The number of rotatable bonds is 3. The topological polar surface area (TPSA) is 17.1 Å². The summed E-state index contributed by atoms with van der Waals surface area (Å²) in [7, 11) is 0. The Hall–Kier alpha value is -1.55. The number of carbonyl (C=O) groups excluding carboxylic acids is 1. The number of ketones is 1. The molecular formula is C18H22O. The van der Waals surface area contributed by atoms with Gasteiger partial charge in [0.15, 0.2) is 0 Å². The van der Waals surface area contributed by atoms with Crippen LogP contribution in [0.4, 0.5) is 0 Å². The molecule has 1 aliphatic carbocycles. The molecule has 100 valence electrons. The van der Waals surface area contributed by atoms with Crippen molar-refractivity contribution in [2.24, 2.45) is 11.8 Å². The van der Waals surface area contributed by atoms with Gasteiger partial charge in [-0.2, -0.15) is 0 Å². The Morgan fingerprint density at radius 3 is 2.79 bits per heavy atom. The molecule has 19 heavy (non-hydrogen) atoms. The maximum atomic E-state index is 11.9. The molecule has 1 nitrogen and oxygen atoms in total. The molecule has 0 amide bonds. The summed E-state index contributed by atoms with van der Waals surface area (Å²) in [4.78, 5) is 11.9. The van der Waals surface area contributed by atoms with Crippen molar-refractivity contribution in [2.75, 3.05) is 0 Å². The van der Waals surface area contributed by atoms with Gasteiger partial charge in [-0.3, -0.25) is 4.79 Å². The third-order valence-corrected chi connectivity index (χ3v) is 3.92. The molecule has 0 heterocycles. The van der Waals surface area contributed by atoms with Crippen LogP contribution < -0.4 is 0 Å². The van der Waals surface area contributed by atoms with Gasteiger partial charge in [0.1, 0.15) is 5.78 Å². The number of hydrogen-bond acceptors (Lipinski definition) is 1. The van der Waals surface area contributed by atoms with Crippen molar-refractivity contribution in [2.45, 2.75) is 45.4 Å². The van der Waals surface area contributed by atoms with E-state index in [4.69, 9.17) is 0 Å². The van der Waals surface area contributed by atoms with E-state index in [0.717, 1.165) is 37.2 Å². The molecular weight excluding hydrogens is 232 g/mol. The maximum absolute atomic E-state index is 11.9. The average molecular weight is 254 g/mol. The highest BCUT2D eigenvalue weighted by atomic mass is 16.1. The Balaban J connectivity index is 1.91. The molecule has 0 aliphatic heterocycles. The van der Waals surface area contributed by atoms with E-state index < -0.39 is 0 Å². The minimum absolute atomic E-state index is 0.182. The SMILES string of the molecule is CCCC1CCC(=O)C(CC#Cc2ccccc2)C1. The highest BCUT2D eigenvalue weighted by Gasteiger charge is 2.27. The van der Waals surface area contributed by atoms with Crippen molar-refractivity contribution in [1.29, 1.82) is 0 Å². The lowest BCUT2D eigenvalue weighted by Crippen LogP contribution is -2.24. The Morgan fingerprint density at radius 1 is 1.26 bits per heavy atom. The summed E-state index contributed by atoms with van der Waals surface area (Å²) < 4.78 is 0. The van der Waals surface area contributed by atoms with Crippen LogP contribution >= 0.6 is 0 Å². The summed E-state index contributed by atoms with van der Waals surface area (Å²) in [5, 5.41) is 0. The third-order valence-electron chi connectivity index (χ3n) is 3.92. The Kier molecular flexibility index (Phi) is 5.21. The lowest BCUT2D eigenvalue weighted by Gasteiger charge is -2.26. The quantitative estimate of drug-likeness (QED) is 0.738. The number of benzene rings is 1. The molecule has 1 heteroatoms. The van der Waals surface area contributed by atoms with E-state index in [1.54, 1.807) is 0 Å². The monoisotopic (exact) mass is 254 g/mol. The summed E-state index contributed by atoms with van der Waals surface area (Å²) >= 11 is 0. The molecule has 1 aromatic rings. The number of Topliss-reactive ketones (excluding diaryl/α,β-unsaturated/α-hetero) is 1. The lowest BCUT2D eigenvalue weighted by atomic mass is 9.77. The molecule has 0 radical (unpaired) electrons. The van der Waals surface area contributed by atoms with E-state index in [2.05, 4.69) is 18.8 Å². The van der Waals surface area contributed by atoms with Crippen LogP contribution in [0.15, 0.2) is 30.3 Å². The van der Waals surface area contributed by atoms with Gasteiger partial charge in [0, 0.05) is 24.3 Å². The van der Waals surface area contributed by atoms with Crippen LogP contribution in [0, 0.1) is 23.7 Å². The van der Waals surface area contributed by atoms with E-state index in [-0.39, 0.29) is 5.92 Å². The van der Waals surface area contributed by atoms with Gasteiger partial charge in [-0.25, -0.2) is 0 Å². The van der Waals surface area contributed by atoms with Gasteiger partial charge in [-0.05, 0) is 30.9 Å². The Morgan fingerprint density at radius 2 is 2.05 bits per heavy atom. The second-order valence-electron chi connectivity index (χ2n) is 5.46. The van der Waals surface area contributed by atoms with Crippen LogP contribution in [0.3, 0.4) is 0 Å². The van der Waals surface area contributed by atoms with Gasteiger partial charge in [0.25, 0.3) is 0 Å². The van der Waals surface area contributed by atoms with Crippen molar-refractivity contribution in [3.8, 4) is 11.8 Å². The first kappa shape index (κ1) is 13.9. The molecule has 0 saturated heterocycles. The predicted octanol–water partition coefficient (Wildman–Crippen LogP) is 4.21. The molecule has 0 spiro atoms. The van der Waals surface area contributed by atoms with E-state index >= 15 is 0 Å². The molecule has 2 unspecified atom stereocenters. The zero-order valence-corrected chi connectivity index (χ0v) is 11.7. The molecule has 0 aromatic heterocycles. The van der Waals surface area contributed by atoms with Crippen LogP contribution in [-0.4, -0.2) is 5.78 Å². The van der Waals surface area contributed by atoms with Gasteiger partial charge >= 0.3 is 0 Å². The van der Waals surface area contributed by atoms with Crippen LogP contribution in [-0.2, 0) is 4.79 Å². The zero-order chi connectivity index (χ0) is 13.5. The maximum Gasteiger partial charge on any atom is 0.136 e. The fourth-order valence-corrected chi connectivity index (χ4v) is 2.87. The average Bonchev–Trinajstić information content (AvgIpc) is 2.44. The van der Waals surface area contributed by atoms with Crippen molar-refractivity contribution in [1.82, 2.24) is 0 Å². The standard InChI is InChI=1S/C18H22O/c1-2-7-16-12-13-18(19)17(14-16)11-6-10-15-8-4-3-5-9-15/h3-5,8-9,16-17H,2,7,11-14H2,1H3. The summed E-state index contributed by atoms with van der Waals surface area (Å²) in [5.74, 6) is 7.70. The summed E-state index contributed by atoms with van der Waals surface area (Å²) in [6.45, 7) is 2.22. The highest BCUT2D eigenvalue weighted by molar-refractivity contribution is 5.82. The van der Waals surface area contributed by atoms with Crippen LogP contribution in [0.2, 0.25) is 0 Å². The molecule has 1 fully saturated rings. The van der Waals surface area contributed by atoms with Gasteiger partial charge in [-0.1, -0.05) is 49.8 Å². The summed E-state index contributed by atoms with van der Waals surface area (Å²) in [6, 6.07) is 10.00. The fraction of sp³-hybridized carbons (Fsp3) is 0.500. The van der Waals surface area contributed by atoms with Gasteiger partial charge < -0.3 is 0 Å². The Bertz CT molecular complexity index is 463. The molecule has 1 aliphatic rings. The van der Waals surface area contributed by atoms with Crippen molar-refractivity contribution in [3.63, 3.8) is 0 Å². The first-order valence-corrected chi connectivity index (χ1v) is 7.36. The zero-order valence-electron chi connectivity index (χ0n) is 11.7. The van der Waals surface area contributed by atoms with Crippen LogP contribution in [0.1, 0.15) is 51.0 Å². The van der Waals surface area contributed by atoms with E-state index in [0.29, 0.717) is 5.78 Å². The largest absolute Gasteiger partial charge is 0.299 e. The Labute approximate surface area is 116 Å². The molecule has 1 aromatic carbocycles. The van der Waals surface area contributed by atoms with E-state index in [9.17, 15) is 4.79 Å². The molecule has 0 bridgehead atoms. The van der Waals surface area contributed by atoms with Gasteiger partial charge in [0.05, 0.1) is 0 Å². The van der Waals surface area contributed by atoms with Crippen molar-refractivity contribution >= 4 is 5.78 Å². The summed E-state index contributed by atoms with van der Waals surface area (Å²) in [5.41, 5.74) is 1.04. The van der Waals surface area contributed by atoms with Crippen molar-refractivity contribution < 1.29 is 4.79 Å². The van der Waals surface area contributed by atoms with Crippen molar-refractivity contribution in [3.05, 3.63) is 35.9 Å². The van der Waals surface area contributed by atoms with Crippen LogP contribution in [0.25, 0.3) is 0 Å². The normalized spacial score (nSPS) is 22.7. The van der Waals surface area contributed by atoms with Gasteiger partial charge in [0.2, 0.25) is 0 Å². The first-order valence-electron chi connectivity index (χ1n) is 7.36. The molecule has 0 N–H and O–H groups in total. The van der Waals surface area contributed by atoms with Crippen LogP contribution in [0.5, 0.6) is 0 Å². The first-order chi connectivity index (χ1) is 9.29. The molecule has 1 saturated carbocycles. The number of carbonyl (C=O) groups is 1. The van der Waals surface area contributed by atoms with Gasteiger partial charge in [-0.15, -0.1) is 0 Å². The fourth-order valence-electron chi connectivity index (χ4n) is 2.87. The third kappa shape index (κ3) is 4.24. The minimum atomic E-state index is 0.182. The van der Waals surface area contributed by atoms with E-state index in [1.165, 1.54) is 12.8 Å². The highest BCUT2D eigenvalue weighted by Crippen LogP contribution is 2.31.